The van der Waals surface area contributed by atoms with E-state index < -0.39 is 35.0 Å². The average molecular weight is 306 g/mol. The molecule has 1 atom stereocenters. The quantitative estimate of drug-likeness (QED) is 0.659. The molecule has 0 amide bonds. The van der Waals surface area contributed by atoms with Gasteiger partial charge in [0.1, 0.15) is 0 Å². The summed E-state index contributed by atoms with van der Waals surface area (Å²) in [7, 11) is 0. The van der Waals surface area contributed by atoms with E-state index in [0.717, 1.165) is 6.92 Å². The third-order valence-electron chi connectivity index (χ3n) is 4.27. The molecule has 0 aliphatic rings. The van der Waals surface area contributed by atoms with E-state index in [2.05, 4.69) is 0 Å². The summed E-state index contributed by atoms with van der Waals surface area (Å²) < 4.78 is 37.7. The summed E-state index contributed by atoms with van der Waals surface area (Å²) in [4.78, 5) is 10.7. The monoisotopic (exact) mass is 306 g/mol. The zero-order valence-corrected chi connectivity index (χ0v) is 15.0. The third-order valence-corrected chi connectivity index (χ3v) is 4.27. The van der Waals surface area contributed by atoms with Gasteiger partial charge < -0.3 is 15.0 Å². The smallest absolute Gasteiger partial charge is 0.550 e. The number of carbonyl (C=O) groups is 1. The maximum Gasteiger partial charge on any atom is 1.00 e. The average Bonchev–Trinajstić information content (AvgIpc) is 2.10. The zero-order chi connectivity index (χ0) is 15.7. The van der Waals surface area contributed by atoms with Gasteiger partial charge in [-0.15, -0.1) is 0 Å². The summed E-state index contributed by atoms with van der Waals surface area (Å²) in [5.74, 6) is -1.24. The summed E-state index contributed by atoms with van der Waals surface area (Å²) in [5, 5.41) is 20.1. The molecule has 0 aliphatic carbocycles. The van der Waals surface area contributed by atoms with E-state index in [1.54, 1.807) is 27.7 Å². The van der Waals surface area contributed by atoms with Gasteiger partial charge >= 0.3 is 35.7 Å². The van der Waals surface area contributed by atoms with E-state index in [0.29, 0.717) is 0 Å². The first-order valence-electron chi connectivity index (χ1n) is 6.11. The molecule has 0 saturated heterocycles. The third kappa shape index (κ3) is 5.92. The van der Waals surface area contributed by atoms with Crippen LogP contribution >= 0.6 is 0 Å². The Kier molecular flexibility index (Phi) is 7.86. The molecule has 0 aromatic rings. The van der Waals surface area contributed by atoms with Gasteiger partial charge in [0.15, 0.2) is 5.60 Å². The van der Waals surface area contributed by atoms with Crippen LogP contribution in [0.5, 0.6) is 0 Å². The van der Waals surface area contributed by atoms with E-state index in [1.807, 2.05) is 0 Å². The predicted octanol–water partition coefficient (Wildman–Crippen LogP) is -0.724. The summed E-state index contributed by atoms with van der Waals surface area (Å²) in [6, 6.07) is 0. The van der Waals surface area contributed by atoms with Crippen LogP contribution in [0.2, 0.25) is 0 Å². The molecule has 0 aromatic carbocycles. The van der Waals surface area contributed by atoms with Gasteiger partial charge in [0.25, 0.3) is 0 Å². The first-order valence-corrected chi connectivity index (χ1v) is 6.11. The molecular weight excluding hydrogens is 284 g/mol. The van der Waals surface area contributed by atoms with Crippen molar-refractivity contribution < 1.29 is 57.7 Å². The van der Waals surface area contributed by atoms with Crippen LogP contribution in [-0.2, 0) is 4.79 Å². The first-order chi connectivity index (χ1) is 8.12. The Balaban J connectivity index is 0. The molecule has 0 saturated carbocycles. The van der Waals surface area contributed by atoms with E-state index in [9.17, 15) is 28.2 Å². The maximum atomic E-state index is 12.6. The number of hydrogen-bond acceptors (Lipinski definition) is 3. The molecule has 114 valence electrons. The molecule has 20 heavy (non-hydrogen) atoms. The summed E-state index contributed by atoms with van der Waals surface area (Å²) >= 11 is 0. The number of carboxylic acids is 1. The molecule has 3 nitrogen and oxygen atoms in total. The van der Waals surface area contributed by atoms with Crippen molar-refractivity contribution in [2.75, 3.05) is 0 Å². The molecule has 0 spiro atoms. The van der Waals surface area contributed by atoms with Crippen LogP contribution in [0.1, 0.15) is 53.9 Å². The Morgan fingerprint density at radius 2 is 1.40 bits per heavy atom. The van der Waals surface area contributed by atoms with E-state index >= 15 is 0 Å². The van der Waals surface area contributed by atoms with Crippen LogP contribution in [0.15, 0.2) is 0 Å². The van der Waals surface area contributed by atoms with Crippen molar-refractivity contribution in [2.24, 2.45) is 10.8 Å². The number of aliphatic carboxylic acids is 1. The fourth-order valence-electron chi connectivity index (χ4n) is 1.64. The van der Waals surface area contributed by atoms with E-state index in [-0.39, 0.29) is 42.4 Å². The topological polar surface area (TPSA) is 60.4 Å². The van der Waals surface area contributed by atoms with Gasteiger partial charge in [-0.2, -0.15) is 13.2 Å². The van der Waals surface area contributed by atoms with Crippen LogP contribution in [0.4, 0.5) is 13.2 Å². The van der Waals surface area contributed by atoms with Crippen LogP contribution in [-0.4, -0.2) is 22.9 Å². The largest absolute Gasteiger partial charge is 1.00 e. The first kappa shape index (κ1) is 22.5. The number of alkyl halides is 3. The van der Waals surface area contributed by atoms with Gasteiger partial charge in [0.05, 0.1) is 0 Å². The van der Waals surface area contributed by atoms with Gasteiger partial charge in [0, 0.05) is 5.97 Å². The Morgan fingerprint density at radius 1 is 1.00 bits per heavy atom. The van der Waals surface area contributed by atoms with Gasteiger partial charge in [-0.1, -0.05) is 27.7 Å². The second kappa shape index (κ2) is 6.99. The zero-order valence-electron chi connectivity index (χ0n) is 13.0. The fraction of sp³-hybridized carbons (Fsp3) is 0.923. The standard InChI is InChI=1S/C13H23F3O3.Na/c1-10(2,11(3,4)8-9(17)18)6-7-12(5,19)13(14,15)16;/h19H,6-8H2,1-5H3,(H,17,18);/q;+1/p-1. The maximum absolute atomic E-state index is 12.6. The second-order valence-corrected chi connectivity index (χ2v) is 6.59. The SMILES string of the molecule is CC(C)(CCC(C)(O)C(F)(F)F)C(C)(C)CC(=O)[O-].[Na+]. The summed E-state index contributed by atoms with van der Waals surface area (Å²) in [6.07, 6.45) is -5.35. The normalized spacial score (nSPS) is 16.2. The summed E-state index contributed by atoms with van der Waals surface area (Å²) in [5.41, 5.74) is -4.17. The van der Waals surface area contributed by atoms with Crippen molar-refractivity contribution in [2.45, 2.75) is 65.7 Å². The Morgan fingerprint density at radius 3 is 1.70 bits per heavy atom. The van der Waals surface area contributed by atoms with E-state index in [1.165, 1.54) is 0 Å². The Labute approximate surface area is 140 Å². The molecule has 0 fully saturated rings. The molecule has 1 N–H and O–H groups in total. The van der Waals surface area contributed by atoms with Gasteiger partial charge in [-0.3, -0.25) is 0 Å². The van der Waals surface area contributed by atoms with Crippen molar-refractivity contribution in [3.05, 3.63) is 0 Å². The molecule has 0 bridgehead atoms. The number of hydrogen-bond donors (Lipinski definition) is 1. The molecule has 0 aliphatic heterocycles. The van der Waals surface area contributed by atoms with Crippen molar-refractivity contribution in [3.63, 3.8) is 0 Å². The van der Waals surface area contributed by atoms with Crippen LogP contribution in [0.25, 0.3) is 0 Å². The van der Waals surface area contributed by atoms with Crippen molar-refractivity contribution in [1.82, 2.24) is 0 Å². The molecule has 0 radical (unpaired) electrons. The number of carbonyl (C=O) groups excluding carboxylic acids is 1. The van der Waals surface area contributed by atoms with Gasteiger partial charge in [0.2, 0.25) is 0 Å². The Hall–Kier alpha value is 0.220. The molecule has 1 unspecified atom stereocenters. The summed E-state index contributed by atoms with van der Waals surface area (Å²) in [6.45, 7) is 7.47. The molecule has 0 rings (SSSR count). The number of rotatable bonds is 6. The minimum Gasteiger partial charge on any atom is -0.550 e. The van der Waals surface area contributed by atoms with Crippen LogP contribution < -0.4 is 34.7 Å². The second-order valence-electron chi connectivity index (χ2n) is 6.59. The molecule has 0 aromatic heterocycles. The van der Waals surface area contributed by atoms with Crippen molar-refractivity contribution >= 4 is 5.97 Å². The predicted molar refractivity (Wildman–Crippen MR) is 63.1 cm³/mol. The number of halogens is 3. The van der Waals surface area contributed by atoms with Gasteiger partial charge in [-0.05, 0) is 37.0 Å². The number of aliphatic hydroxyl groups is 1. The minimum absolute atomic E-state index is 0. The van der Waals surface area contributed by atoms with Crippen molar-refractivity contribution in [3.8, 4) is 0 Å². The number of carboxylic acid groups (broad SMARTS) is 1. The molecular formula is C13H22F3NaO3. The van der Waals surface area contributed by atoms with Crippen LogP contribution in [0.3, 0.4) is 0 Å². The van der Waals surface area contributed by atoms with Gasteiger partial charge in [-0.25, -0.2) is 0 Å². The van der Waals surface area contributed by atoms with Crippen molar-refractivity contribution in [1.29, 1.82) is 0 Å². The van der Waals surface area contributed by atoms with Crippen LogP contribution in [0, 0.1) is 10.8 Å². The Bertz CT molecular complexity index is 336. The molecule has 7 heteroatoms. The minimum atomic E-state index is -4.69. The van der Waals surface area contributed by atoms with E-state index in [4.69, 9.17) is 0 Å². The fourth-order valence-corrected chi connectivity index (χ4v) is 1.64. The molecule has 0 heterocycles.